The zero-order chi connectivity index (χ0) is 17.5. The maximum absolute atomic E-state index is 12.4. The van der Waals surface area contributed by atoms with Gasteiger partial charge in [0.05, 0.1) is 12.3 Å². The minimum Gasteiger partial charge on any atom is -0.493 e. The molecule has 2 bridgehead atoms. The highest BCUT2D eigenvalue weighted by Gasteiger charge is 2.34. The van der Waals surface area contributed by atoms with Crippen LogP contribution in [0.2, 0.25) is 0 Å². The van der Waals surface area contributed by atoms with E-state index in [0.717, 1.165) is 42.9 Å². The molecule has 2 atom stereocenters. The van der Waals surface area contributed by atoms with Gasteiger partial charge in [-0.3, -0.25) is 4.79 Å². The fraction of sp³-hybridized carbons (Fsp3) is 0.500. The van der Waals surface area contributed by atoms with E-state index in [2.05, 4.69) is 21.7 Å². The molecule has 0 aliphatic carbocycles. The van der Waals surface area contributed by atoms with Crippen LogP contribution in [-0.4, -0.2) is 29.6 Å². The number of hydrogen-bond acceptors (Lipinski definition) is 5. The molecule has 1 aromatic carbocycles. The van der Waals surface area contributed by atoms with Crippen molar-refractivity contribution in [2.45, 2.75) is 50.6 Å². The van der Waals surface area contributed by atoms with Crippen molar-refractivity contribution in [3.8, 4) is 17.0 Å². The third-order valence-corrected chi connectivity index (χ3v) is 6.54. The number of carbonyl (C=O) groups is 1. The Morgan fingerprint density at radius 2 is 2.11 bits per heavy atom. The molecule has 5 nitrogen and oxygen atoms in total. The molecule has 1 aromatic heterocycles. The van der Waals surface area contributed by atoms with E-state index < -0.39 is 0 Å². The van der Waals surface area contributed by atoms with Gasteiger partial charge in [-0.05, 0) is 55.4 Å². The number of nitrogens with one attached hydrogen (secondary N) is 2. The summed E-state index contributed by atoms with van der Waals surface area (Å²) in [5.74, 6) is 1.58. The molecule has 2 N–H and O–H groups in total. The summed E-state index contributed by atoms with van der Waals surface area (Å²) >= 11 is 1.49. The molecule has 2 saturated heterocycles. The predicted octanol–water partition coefficient (Wildman–Crippen LogP) is 4.03. The zero-order valence-corrected chi connectivity index (χ0v) is 16.7. The Kier molecular flexibility index (Phi) is 5.39. The number of carbonyl (C=O) groups excluding carboxylic acids is 1. The van der Waals surface area contributed by atoms with E-state index in [1.165, 1.54) is 29.7 Å². The van der Waals surface area contributed by atoms with Gasteiger partial charge in [0.1, 0.15) is 5.75 Å². The maximum Gasteiger partial charge on any atom is 0.226 e. The lowest BCUT2D eigenvalue weighted by molar-refractivity contribution is -0.117. The van der Waals surface area contributed by atoms with Crippen LogP contribution >= 0.6 is 23.7 Å². The lowest BCUT2D eigenvalue weighted by atomic mass is 9.89. The van der Waals surface area contributed by atoms with Crippen molar-refractivity contribution in [2.75, 3.05) is 11.9 Å². The summed E-state index contributed by atoms with van der Waals surface area (Å²) in [6, 6.07) is 7.45. The molecular weight excluding hydrogens is 382 g/mol. The fourth-order valence-electron chi connectivity index (χ4n) is 4.58. The zero-order valence-electron chi connectivity index (χ0n) is 15.1. The molecule has 2 aromatic rings. The second-order valence-corrected chi connectivity index (χ2v) is 8.54. The normalized spacial score (nSPS) is 25.4. The number of amides is 1. The Balaban J connectivity index is 0.00000180. The van der Waals surface area contributed by atoms with E-state index in [0.29, 0.717) is 29.6 Å². The van der Waals surface area contributed by atoms with E-state index >= 15 is 0 Å². The monoisotopic (exact) mass is 405 g/mol. The first-order valence-electron chi connectivity index (χ1n) is 9.50. The third kappa shape index (κ3) is 3.98. The summed E-state index contributed by atoms with van der Waals surface area (Å²) in [5.41, 5.74) is 3.24. The van der Waals surface area contributed by atoms with E-state index in [9.17, 15) is 4.79 Å². The second kappa shape index (κ2) is 7.78. The van der Waals surface area contributed by atoms with Crippen LogP contribution in [0.15, 0.2) is 23.6 Å². The van der Waals surface area contributed by atoms with Gasteiger partial charge in [-0.25, -0.2) is 4.98 Å². The van der Waals surface area contributed by atoms with Gasteiger partial charge in [0, 0.05) is 35.9 Å². The number of fused-ring (bicyclic) bond motifs is 3. The number of aromatic nitrogens is 1. The van der Waals surface area contributed by atoms with Gasteiger partial charge in [-0.1, -0.05) is 0 Å². The molecule has 0 spiro atoms. The molecule has 3 aliphatic heterocycles. The molecule has 144 valence electrons. The number of piperidine rings is 1. The van der Waals surface area contributed by atoms with Crippen molar-refractivity contribution >= 4 is 34.8 Å². The Labute approximate surface area is 169 Å². The van der Waals surface area contributed by atoms with Crippen LogP contribution in [0.25, 0.3) is 11.3 Å². The van der Waals surface area contributed by atoms with Crippen LogP contribution in [-0.2, 0) is 11.2 Å². The van der Waals surface area contributed by atoms with Crippen LogP contribution in [0.5, 0.6) is 5.75 Å². The Morgan fingerprint density at radius 3 is 2.93 bits per heavy atom. The van der Waals surface area contributed by atoms with Gasteiger partial charge in [-0.15, -0.1) is 23.7 Å². The highest BCUT2D eigenvalue weighted by atomic mass is 35.5. The first kappa shape index (κ1) is 18.7. The van der Waals surface area contributed by atoms with Crippen molar-refractivity contribution in [3.63, 3.8) is 0 Å². The van der Waals surface area contributed by atoms with Crippen molar-refractivity contribution in [3.05, 3.63) is 29.1 Å². The number of hydrogen-bond donors (Lipinski definition) is 2. The van der Waals surface area contributed by atoms with Crippen LogP contribution in [0.4, 0.5) is 5.13 Å². The smallest absolute Gasteiger partial charge is 0.226 e. The lowest BCUT2D eigenvalue weighted by Crippen LogP contribution is -2.39. The summed E-state index contributed by atoms with van der Waals surface area (Å²) in [5, 5.41) is 9.34. The average Bonchev–Trinajstić information content (AvgIpc) is 3.34. The van der Waals surface area contributed by atoms with Gasteiger partial charge in [0.2, 0.25) is 5.91 Å². The molecule has 2 unspecified atom stereocenters. The minimum atomic E-state index is 0. The Morgan fingerprint density at radius 1 is 1.30 bits per heavy atom. The van der Waals surface area contributed by atoms with E-state index in [-0.39, 0.29) is 18.3 Å². The molecule has 2 fully saturated rings. The SMILES string of the molecule is Cl.O=C(CC1CC2CCC(C1)N2)Nc1nc(-c2ccc3c(c2)CCO3)cs1. The number of ether oxygens (including phenoxy) is 1. The molecule has 4 heterocycles. The highest BCUT2D eigenvalue weighted by molar-refractivity contribution is 7.14. The number of benzene rings is 1. The molecule has 7 heteroatoms. The quantitative estimate of drug-likeness (QED) is 0.806. The van der Waals surface area contributed by atoms with Crippen LogP contribution in [0, 0.1) is 5.92 Å². The summed E-state index contributed by atoms with van der Waals surface area (Å²) in [6.45, 7) is 0.759. The van der Waals surface area contributed by atoms with Crippen molar-refractivity contribution in [1.29, 1.82) is 0 Å². The summed E-state index contributed by atoms with van der Waals surface area (Å²) < 4.78 is 5.56. The van der Waals surface area contributed by atoms with E-state index in [4.69, 9.17) is 4.74 Å². The number of thiazole rings is 1. The van der Waals surface area contributed by atoms with Crippen molar-refractivity contribution in [2.24, 2.45) is 5.92 Å². The van der Waals surface area contributed by atoms with Gasteiger partial charge in [0.15, 0.2) is 5.13 Å². The summed E-state index contributed by atoms with van der Waals surface area (Å²) in [7, 11) is 0. The average molecular weight is 406 g/mol. The maximum atomic E-state index is 12.4. The van der Waals surface area contributed by atoms with Crippen LogP contribution < -0.4 is 15.4 Å². The summed E-state index contributed by atoms with van der Waals surface area (Å²) in [4.78, 5) is 17.0. The minimum absolute atomic E-state index is 0. The van der Waals surface area contributed by atoms with Crippen LogP contribution in [0.3, 0.4) is 0 Å². The van der Waals surface area contributed by atoms with Crippen molar-refractivity contribution in [1.82, 2.24) is 10.3 Å². The van der Waals surface area contributed by atoms with Gasteiger partial charge in [-0.2, -0.15) is 0 Å². The summed E-state index contributed by atoms with van der Waals surface area (Å²) in [6.07, 6.45) is 6.36. The molecule has 0 saturated carbocycles. The third-order valence-electron chi connectivity index (χ3n) is 5.78. The molecule has 3 aliphatic rings. The molecular formula is C20H24ClN3O2S. The highest BCUT2D eigenvalue weighted by Crippen LogP contribution is 2.34. The first-order valence-corrected chi connectivity index (χ1v) is 10.4. The largest absolute Gasteiger partial charge is 0.493 e. The number of anilines is 1. The Hall–Kier alpha value is -1.63. The topological polar surface area (TPSA) is 63.2 Å². The molecule has 1 amide bonds. The number of rotatable bonds is 4. The van der Waals surface area contributed by atoms with Gasteiger partial charge in [0.25, 0.3) is 0 Å². The number of nitrogens with zero attached hydrogens (tertiary/aromatic N) is 1. The molecule has 5 rings (SSSR count). The Bertz CT molecular complexity index is 828. The number of halogens is 1. The second-order valence-electron chi connectivity index (χ2n) is 7.69. The van der Waals surface area contributed by atoms with Gasteiger partial charge < -0.3 is 15.4 Å². The standard InChI is InChI=1S/C20H23N3O2S.ClH/c24-19(9-12-7-15-2-3-16(8-12)21-15)23-20-22-17(11-26-20)13-1-4-18-14(10-13)5-6-25-18;/h1,4,10-12,15-16,21H,2-3,5-9H2,(H,22,23,24);1H. The van der Waals surface area contributed by atoms with Crippen molar-refractivity contribution < 1.29 is 9.53 Å². The molecule has 0 radical (unpaired) electrons. The fourth-order valence-corrected chi connectivity index (χ4v) is 5.32. The first-order chi connectivity index (χ1) is 12.7. The van der Waals surface area contributed by atoms with Crippen LogP contribution in [0.1, 0.15) is 37.7 Å². The lowest BCUT2D eigenvalue weighted by Gasteiger charge is -2.28. The molecule has 27 heavy (non-hydrogen) atoms. The van der Waals surface area contributed by atoms with E-state index in [1.54, 1.807) is 0 Å². The van der Waals surface area contributed by atoms with Gasteiger partial charge >= 0.3 is 0 Å². The predicted molar refractivity (Wildman–Crippen MR) is 110 cm³/mol. The van der Waals surface area contributed by atoms with E-state index in [1.807, 2.05) is 17.5 Å².